The van der Waals surface area contributed by atoms with E-state index in [-0.39, 0.29) is 23.7 Å². The number of likely N-dealkylation sites (tertiary alicyclic amines) is 1. The van der Waals surface area contributed by atoms with Crippen LogP contribution in [-0.4, -0.2) is 46.2 Å². The molecule has 2 heterocycles. The van der Waals surface area contributed by atoms with Gasteiger partial charge in [-0.2, -0.15) is 0 Å². The lowest BCUT2D eigenvalue weighted by Crippen LogP contribution is -2.39. The molecule has 162 valence electrons. The van der Waals surface area contributed by atoms with Crippen molar-refractivity contribution in [1.82, 2.24) is 9.88 Å². The number of carbonyl (C=O) groups is 4. The Bertz CT molecular complexity index is 982. The highest BCUT2D eigenvalue weighted by molar-refractivity contribution is 7.14. The zero-order valence-corrected chi connectivity index (χ0v) is 17.9. The van der Waals surface area contributed by atoms with Crippen molar-refractivity contribution in [2.45, 2.75) is 38.7 Å². The summed E-state index contributed by atoms with van der Waals surface area (Å²) in [7, 11) is 0. The van der Waals surface area contributed by atoms with E-state index in [1.807, 2.05) is 35.7 Å². The van der Waals surface area contributed by atoms with Gasteiger partial charge in [-0.3, -0.25) is 29.4 Å². The minimum absolute atomic E-state index is 0.306. The van der Waals surface area contributed by atoms with Crippen molar-refractivity contribution in [3.8, 4) is 11.3 Å². The molecule has 4 rings (SSSR count). The number of amides is 3. The number of hydrogen-bond acceptors (Lipinski definition) is 7. The first-order valence-corrected chi connectivity index (χ1v) is 11.2. The van der Waals surface area contributed by atoms with Gasteiger partial charge in [0.05, 0.1) is 17.5 Å². The van der Waals surface area contributed by atoms with E-state index < -0.39 is 24.5 Å². The van der Waals surface area contributed by atoms with Crippen LogP contribution in [0.4, 0.5) is 5.13 Å². The monoisotopic (exact) mass is 441 g/mol. The van der Waals surface area contributed by atoms with Crippen molar-refractivity contribution >= 4 is 40.2 Å². The molecule has 1 aromatic heterocycles. The van der Waals surface area contributed by atoms with Crippen LogP contribution in [0.15, 0.2) is 35.7 Å². The Balaban J connectivity index is 1.31. The Morgan fingerprint density at radius 2 is 1.81 bits per heavy atom. The molecule has 9 heteroatoms. The maximum Gasteiger partial charge on any atom is 0.326 e. The van der Waals surface area contributed by atoms with Crippen molar-refractivity contribution in [3.63, 3.8) is 0 Å². The van der Waals surface area contributed by atoms with Gasteiger partial charge < -0.3 is 4.74 Å². The number of imide groups is 1. The first-order chi connectivity index (χ1) is 14.9. The van der Waals surface area contributed by atoms with E-state index in [1.54, 1.807) is 0 Å². The molecule has 0 spiro atoms. The zero-order valence-electron chi connectivity index (χ0n) is 17.1. The molecule has 31 heavy (non-hydrogen) atoms. The molecule has 3 amide bonds. The zero-order chi connectivity index (χ0) is 22.0. The molecule has 2 fully saturated rings. The summed E-state index contributed by atoms with van der Waals surface area (Å²) in [6.07, 6.45) is 2.10. The highest BCUT2D eigenvalue weighted by Gasteiger charge is 2.48. The summed E-state index contributed by atoms with van der Waals surface area (Å²) in [5, 5.41) is 4.85. The van der Waals surface area contributed by atoms with Crippen molar-refractivity contribution < 1.29 is 23.9 Å². The van der Waals surface area contributed by atoms with Gasteiger partial charge in [-0.05, 0) is 19.8 Å². The third-order valence-electron chi connectivity index (χ3n) is 5.70. The van der Waals surface area contributed by atoms with Gasteiger partial charge in [-0.1, -0.05) is 43.2 Å². The Morgan fingerprint density at radius 3 is 2.45 bits per heavy atom. The molecule has 3 unspecified atom stereocenters. The van der Waals surface area contributed by atoms with Crippen LogP contribution >= 0.6 is 11.3 Å². The lowest BCUT2D eigenvalue weighted by atomic mass is 9.81. The summed E-state index contributed by atoms with van der Waals surface area (Å²) in [6, 6.07) is 9.55. The van der Waals surface area contributed by atoms with E-state index in [2.05, 4.69) is 10.3 Å². The number of aromatic nitrogens is 1. The quantitative estimate of drug-likeness (QED) is 0.546. The maximum absolute atomic E-state index is 12.5. The molecule has 1 saturated carbocycles. The van der Waals surface area contributed by atoms with Crippen LogP contribution in [0, 0.1) is 11.8 Å². The first kappa shape index (κ1) is 21.2. The number of carbonyl (C=O) groups excluding carboxylic acids is 4. The topological polar surface area (TPSA) is 106 Å². The summed E-state index contributed by atoms with van der Waals surface area (Å²) in [4.78, 5) is 55.0. The summed E-state index contributed by atoms with van der Waals surface area (Å²) in [5.74, 6) is -2.57. The summed E-state index contributed by atoms with van der Waals surface area (Å²) < 4.78 is 5.17. The van der Waals surface area contributed by atoms with Crippen LogP contribution in [0.1, 0.15) is 32.6 Å². The van der Waals surface area contributed by atoms with Crippen molar-refractivity contribution in [2.24, 2.45) is 11.8 Å². The van der Waals surface area contributed by atoms with E-state index in [0.717, 1.165) is 29.0 Å². The van der Waals surface area contributed by atoms with Gasteiger partial charge in [0.25, 0.3) is 5.91 Å². The molecule has 0 bridgehead atoms. The molecule has 3 atom stereocenters. The van der Waals surface area contributed by atoms with Crippen LogP contribution in [0.25, 0.3) is 11.3 Å². The normalized spacial score (nSPS) is 21.5. The van der Waals surface area contributed by atoms with Gasteiger partial charge in [0.1, 0.15) is 6.54 Å². The van der Waals surface area contributed by atoms with Crippen LogP contribution in [0.5, 0.6) is 0 Å². The highest BCUT2D eigenvalue weighted by Crippen LogP contribution is 2.37. The number of fused-ring (bicyclic) bond motifs is 1. The largest absolute Gasteiger partial charge is 0.451 e. The van der Waals surface area contributed by atoms with Gasteiger partial charge in [0.2, 0.25) is 11.8 Å². The number of nitrogens with zero attached hydrogens (tertiary/aromatic N) is 2. The van der Waals surface area contributed by atoms with Crippen LogP contribution in [0.2, 0.25) is 0 Å². The summed E-state index contributed by atoms with van der Waals surface area (Å²) in [6.45, 7) is 0.976. The SMILES string of the molecule is CC(OC(=O)CN1C(=O)C2CCCCC2C1=O)C(=O)Nc1nc(-c2ccccc2)cs1. The van der Waals surface area contributed by atoms with Gasteiger partial charge in [0, 0.05) is 10.9 Å². The number of benzene rings is 1. The van der Waals surface area contributed by atoms with Crippen LogP contribution in [0.3, 0.4) is 0 Å². The van der Waals surface area contributed by atoms with Gasteiger partial charge in [-0.25, -0.2) is 4.98 Å². The number of nitrogens with one attached hydrogen (secondary N) is 1. The second-order valence-corrected chi connectivity index (χ2v) is 8.64. The number of ether oxygens (including phenoxy) is 1. The fourth-order valence-electron chi connectivity index (χ4n) is 4.08. The lowest BCUT2D eigenvalue weighted by molar-refractivity contribution is -0.158. The van der Waals surface area contributed by atoms with Crippen LogP contribution < -0.4 is 5.32 Å². The Morgan fingerprint density at radius 1 is 1.16 bits per heavy atom. The van der Waals surface area contributed by atoms with E-state index in [9.17, 15) is 19.2 Å². The summed E-state index contributed by atoms with van der Waals surface area (Å²) in [5.41, 5.74) is 1.66. The minimum Gasteiger partial charge on any atom is -0.451 e. The predicted molar refractivity (Wildman–Crippen MR) is 114 cm³/mol. The van der Waals surface area contributed by atoms with Crippen LogP contribution in [-0.2, 0) is 23.9 Å². The molecule has 1 saturated heterocycles. The minimum atomic E-state index is -1.09. The van der Waals surface area contributed by atoms with Gasteiger partial charge >= 0.3 is 5.97 Å². The molecule has 8 nitrogen and oxygen atoms in total. The molecule has 1 N–H and O–H groups in total. The van der Waals surface area contributed by atoms with E-state index in [4.69, 9.17) is 4.74 Å². The van der Waals surface area contributed by atoms with Crippen molar-refractivity contribution in [1.29, 1.82) is 0 Å². The third kappa shape index (κ3) is 4.51. The molecular formula is C22H23N3O5S. The third-order valence-corrected chi connectivity index (χ3v) is 6.46. The second-order valence-electron chi connectivity index (χ2n) is 7.79. The molecular weight excluding hydrogens is 418 g/mol. The second kappa shape index (κ2) is 8.97. The smallest absolute Gasteiger partial charge is 0.326 e. The van der Waals surface area contributed by atoms with Gasteiger partial charge in [0.15, 0.2) is 11.2 Å². The number of rotatable bonds is 6. The average molecular weight is 442 g/mol. The first-order valence-electron chi connectivity index (χ1n) is 10.3. The molecule has 1 aliphatic carbocycles. The molecule has 1 aromatic carbocycles. The number of esters is 1. The fourth-order valence-corrected chi connectivity index (χ4v) is 4.81. The maximum atomic E-state index is 12.5. The van der Waals surface area contributed by atoms with E-state index in [1.165, 1.54) is 18.3 Å². The molecule has 2 aliphatic rings. The standard InChI is InChI=1S/C22H23N3O5S/c1-13(19(27)24-22-23-17(12-31-22)14-7-3-2-4-8-14)30-18(26)11-25-20(28)15-9-5-6-10-16(15)21(25)29/h2-4,7-8,12-13,15-16H,5-6,9-11H2,1H3,(H,23,24,27). The Labute approximate surface area is 183 Å². The number of thiazole rings is 1. The van der Waals surface area contributed by atoms with Gasteiger partial charge in [-0.15, -0.1) is 11.3 Å². The molecule has 1 aliphatic heterocycles. The Kier molecular flexibility index (Phi) is 6.13. The predicted octanol–water partition coefficient (Wildman–Crippen LogP) is 2.86. The average Bonchev–Trinajstić information content (AvgIpc) is 3.33. The number of anilines is 1. The fraction of sp³-hybridized carbons (Fsp3) is 0.409. The lowest BCUT2D eigenvalue weighted by Gasteiger charge is -2.19. The van der Waals surface area contributed by atoms with Crippen molar-refractivity contribution in [2.75, 3.05) is 11.9 Å². The van der Waals surface area contributed by atoms with Crippen molar-refractivity contribution in [3.05, 3.63) is 35.7 Å². The molecule has 2 aromatic rings. The Hall–Kier alpha value is -3.07. The van der Waals surface area contributed by atoms with E-state index >= 15 is 0 Å². The molecule has 0 radical (unpaired) electrons. The highest BCUT2D eigenvalue weighted by atomic mass is 32.1. The number of hydrogen-bond donors (Lipinski definition) is 1. The summed E-state index contributed by atoms with van der Waals surface area (Å²) >= 11 is 1.27. The van der Waals surface area contributed by atoms with E-state index in [0.29, 0.717) is 18.0 Å².